The van der Waals surface area contributed by atoms with E-state index < -0.39 is 0 Å². The van der Waals surface area contributed by atoms with E-state index in [0.717, 1.165) is 69.4 Å². The summed E-state index contributed by atoms with van der Waals surface area (Å²) >= 11 is 10.4. The largest absolute Gasteiger partial charge is 0.508 e. The standard InChI is InChI=1S/C27H33Br3N4O3/c28-22-1-4-25(35)19(13-22)16-31-7-10-34(11-8-32-17-20-14-23(29)2-5-26(20)36)12-9-33-18-21-15-24(30)3-6-27(21)37/h1-6,13-15,31-33,35-37H,7-12,16-18H2. The first-order valence-corrected chi connectivity index (χ1v) is 14.5. The zero-order valence-electron chi connectivity index (χ0n) is 20.5. The second-order valence-electron chi connectivity index (χ2n) is 8.69. The number of benzene rings is 3. The highest BCUT2D eigenvalue weighted by Crippen LogP contribution is 2.23. The maximum Gasteiger partial charge on any atom is 0.120 e. The average molecular weight is 701 g/mol. The first-order valence-electron chi connectivity index (χ1n) is 12.1. The maximum absolute atomic E-state index is 10.1. The molecular weight excluding hydrogens is 668 g/mol. The van der Waals surface area contributed by atoms with Crippen molar-refractivity contribution >= 4 is 47.8 Å². The van der Waals surface area contributed by atoms with Crippen LogP contribution in [-0.4, -0.2) is 59.5 Å². The predicted octanol–water partition coefficient (Wildman–Crippen LogP) is 5.06. The lowest BCUT2D eigenvalue weighted by molar-refractivity contribution is 0.270. The Balaban J connectivity index is 1.47. The molecule has 0 aliphatic rings. The molecule has 0 atom stereocenters. The lowest BCUT2D eigenvalue weighted by atomic mass is 10.2. The fraction of sp³-hybridized carbons (Fsp3) is 0.333. The third-order valence-electron chi connectivity index (χ3n) is 5.89. The molecule has 0 saturated heterocycles. The number of hydrogen-bond acceptors (Lipinski definition) is 7. The van der Waals surface area contributed by atoms with Crippen LogP contribution in [0.25, 0.3) is 0 Å². The van der Waals surface area contributed by atoms with Crippen LogP contribution in [0.3, 0.4) is 0 Å². The second-order valence-corrected chi connectivity index (χ2v) is 11.4. The Morgan fingerprint density at radius 3 is 1.11 bits per heavy atom. The van der Waals surface area contributed by atoms with Gasteiger partial charge in [-0.25, -0.2) is 0 Å². The summed E-state index contributed by atoms with van der Waals surface area (Å²) in [5.41, 5.74) is 2.56. The van der Waals surface area contributed by atoms with Crippen LogP contribution in [0.4, 0.5) is 0 Å². The summed E-state index contributed by atoms with van der Waals surface area (Å²) < 4.78 is 2.82. The van der Waals surface area contributed by atoms with Crippen LogP contribution < -0.4 is 16.0 Å². The third-order valence-corrected chi connectivity index (χ3v) is 7.37. The van der Waals surface area contributed by atoms with Crippen LogP contribution in [0.1, 0.15) is 16.7 Å². The number of phenolic OH excluding ortho intramolecular Hbond substituents is 3. The smallest absolute Gasteiger partial charge is 0.120 e. The van der Waals surface area contributed by atoms with Crippen molar-refractivity contribution in [3.63, 3.8) is 0 Å². The lowest BCUT2D eigenvalue weighted by Crippen LogP contribution is -2.40. The summed E-state index contributed by atoms with van der Waals surface area (Å²) in [4.78, 5) is 2.36. The van der Waals surface area contributed by atoms with Gasteiger partial charge in [0.05, 0.1) is 0 Å². The highest BCUT2D eigenvalue weighted by molar-refractivity contribution is 9.11. The maximum atomic E-state index is 10.1. The van der Waals surface area contributed by atoms with Gasteiger partial charge in [-0.15, -0.1) is 0 Å². The van der Waals surface area contributed by atoms with Crippen LogP contribution >= 0.6 is 47.8 Å². The summed E-state index contributed by atoms with van der Waals surface area (Å²) in [5, 5.41) is 40.4. The molecule has 7 nitrogen and oxygen atoms in total. The molecule has 0 fully saturated rings. The molecule has 0 unspecified atom stereocenters. The molecule has 0 saturated carbocycles. The molecule has 0 aliphatic carbocycles. The van der Waals surface area contributed by atoms with Crippen LogP contribution in [0, 0.1) is 0 Å². The van der Waals surface area contributed by atoms with Crippen molar-refractivity contribution < 1.29 is 15.3 Å². The molecular formula is C27H33Br3N4O3. The van der Waals surface area contributed by atoms with Gasteiger partial charge in [0.1, 0.15) is 17.2 Å². The first-order chi connectivity index (χ1) is 17.8. The Labute approximate surface area is 243 Å². The van der Waals surface area contributed by atoms with Gasteiger partial charge in [0.25, 0.3) is 0 Å². The number of nitrogens with one attached hydrogen (secondary N) is 3. The van der Waals surface area contributed by atoms with E-state index in [4.69, 9.17) is 0 Å². The minimum atomic E-state index is 0.285. The molecule has 6 N–H and O–H groups in total. The molecule has 0 amide bonds. The molecule has 0 bridgehead atoms. The first kappa shape index (κ1) is 29.9. The zero-order valence-corrected chi connectivity index (χ0v) is 25.2. The van der Waals surface area contributed by atoms with E-state index in [1.165, 1.54) is 0 Å². The number of phenols is 3. The summed E-state index contributed by atoms with van der Waals surface area (Å²) in [6.45, 7) is 6.56. The van der Waals surface area contributed by atoms with Crippen LogP contribution in [0.5, 0.6) is 17.2 Å². The molecule has 0 radical (unpaired) electrons. The van der Waals surface area contributed by atoms with E-state index in [9.17, 15) is 15.3 Å². The van der Waals surface area contributed by atoms with Crippen LogP contribution in [0.15, 0.2) is 68.0 Å². The van der Waals surface area contributed by atoms with Gasteiger partial charge in [-0.2, -0.15) is 0 Å². The van der Waals surface area contributed by atoms with Gasteiger partial charge in [0, 0.05) is 89.0 Å². The Morgan fingerprint density at radius 2 is 0.811 bits per heavy atom. The molecule has 200 valence electrons. The summed E-state index contributed by atoms with van der Waals surface area (Å²) in [6, 6.07) is 16.3. The van der Waals surface area contributed by atoms with E-state index >= 15 is 0 Å². The molecule has 3 aromatic rings. The molecule has 3 aromatic carbocycles. The highest BCUT2D eigenvalue weighted by atomic mass is 79.9. The Hall–Kier alpha value is -1.66. The predicted molar refractivity (Wildman–Crippen MR) is 159 cm³/mol. The number of hydrogen-bond donors (Lipinski definition) is 6. The Morgan fingerprint density at radius 1 is 0.514 bits per heavy atom. The Bertz CT molecular complexity index is 1010. The van der Waals surface area contributed by atoms with Crippen molar-refractivity contribution in [2.24, 2.45) is 0 Å². The quantitative estimate of drug-likeness (QED) is 0.123. The van der Waals surface area contributed by atoms with E-state index in [0.29, 0.717) is 19.6 Å². The Kier molecular flexibility index (Phi) is 12.7. The summed E-state index contributed by atoms with van der Waals surface area (Å²) in [7, 11) is 0. The van der Waals surface area contributed by atoms with Crippen molar-refractivity contribution in [3.8, 4) is 17.2 Å². The molecule has 3 rings (SSSR count). The van der Waals surface area contributed by atoms with Gasteiger partial charge >= 0.3 is 0 Å². The van der Waals surface area contributed by atoms with Gasteiger partial charge in [-0.3, -0.25) is 4.90 Å². The van der Waals surface area contributed by atoms with Crippen LogP contribution in [-0.2, 0) is 19.6 Å². The third kappa shape index (κ3) is 10.6. The minimum absolute atomic E-state index is 0.285. The van der Waals surface area contributed by atoms with Gasteiger partial charge in [0.2, 0.25) is 0 Å². The molecule has 0 aromatic heterocycles. The lowest BCUT2D eigenvalue weighted by Gasteiger charge is -2.23. The molecule has 10 heteroatoms. The SMILES string of the molecule is Oc1ccc(Br)cc1CNCCN(CCNCc1cc(Br)ccc1O)CCNCc1cc(Br)ccc1O. The van der Waals surface area contributed by atoms with Crippen molar-refractivity contribution in [3.05, 3.63) is 84.7 Å². The summed E-state index contributed by atoms with van der Waals surface area (Å²) in [6.07, 6.45) is 0. The van der Waals surface area contributed by atoms with Crippen molar-refractivity contribution in [2.45, 2.75) is 19.6 Å². The zero-order chi connectivity index (χ0) is 26.6. The highest BCUT2D eigenvalue weighted by Gasteiger charge is 2.08. The number of nitrogens with zero attached hydrogens (tertiary/aromatic N) is 1. The number of rotatable bonds is 15. The van der Waals surface area contributed by atoms with Crippen LogP contribution in [0.2, 0.25) is 0 Å². The second kappa shape index (κ2) is 15.7. The van der Waals surface area contributed by atoms with Crippen molar-refractivity contribution in [1.29, 1.82) is 0 Å². The monoisotopic (exact) mass is 698 g/mol. The number of aromatic hydroxyl groups is 3. The average Bonchev–Trinajstić information content (AvgIpc) is 2.87. The van der Waals surface area contributed by atoms with E-state index in [-0.39, 0.29) is 17.2 Å². The molecule has 37 heavy (non-hydrogen) atoms. The van der Waals surface area contributed by atoms with Crippen molar-refractivity contribution in [2.75, 3.05) is 39.3 Å². The molecule has 0 heterocycles. The van der Waals surface area contributed by atoms with Gasteiger partial charge in [-0.05, 0) is 54.6 Å². The normalized spacial score (nSPS) is 11.4. The number of halogens is 3. The topological polar surface area (TPSA) is 100 Å². The molecule has 0 aliphatic heterocycles. The van der Waals surface area contributed by atoms with Gasteiger partial charge in [-0.1, -0.05) is 47.8 Å². The molecule has 0 spiro atoms. The van der Waals surface area contributed by atoms with Crippen molar-refractivity contribution in [1.82, 2.24) is 20.9 Å². The van der Waals surface area contributed by atoms with E-state index in [1.54, 1.807) is 18.2 Å². The summed E-state index contributed by atoms with van der Waals surface area (Å²) in [5.74, 6) is 0.854. The van der Waals surface area contributed by atoms with Gasteiger partial charge in [0.15, 0.2) is 0 Å². The van der Waals surface area contributed by atoms with E-state index in [1.807, 2.05) is 36.4 Å². The van der Waals surface area contributed by atoms with Gasteiger partial charge < -0.3 is 31.3 Å². The fourth-order valence-corrected chi connectivity index (χ4v) is 5.03. The van der Waals surface area contributed by atoms with E-state index in [2.05, 4.69) is 68.6 Å². The minimum Gasteiger partial charge on any atom is -0.508 e. The fourth-order valence-electron chi connectivity index (χ4n) is 3.80.